The van der Waals surface area contributed by atoms with E-state index in [2.05, 4.69) is 0 Å². The van der Waals surface area contributed by atoms with Gasteiger partial charge in [0.2, 0.25) is 11.8 Å². The molecular formula is C29H32ClF2NO4. The number of halogens is 3. The zero-order valence-electron chi connectivity index (χ0n) is 21.0. The first-order chi connectivity index (χ1) is 17.5. The lowest BCUT2D eigenvalue weighted by Gasteiger charge is -2.50. The summed E-state index contributed by atoms with van der Waals surface area (Å²) in [6.45, 7) is 2.56. The number of hydrogen-bond donors (Lipinski definition) is 1. The average Bonchev–Trinajstić information content (AvgIpc) is 3.55. The van der Waals surface area contributed by atoms with Crippen molar-refractivity contribution in [2.24, 2.45) is 22.7 Å². The number of rotatable bonds is 8. The van der Waals surface area contributed by atoms with Gasteiger partial charge in [0.25, 0.3) is 0 Å². The Balaban J connectivity index is 1.17. The van der Waals surface area contributed by atoms with E-state index in [1.54, 1.807) is 4.90 Å². The molecule has 5 saturated carbocycles. The van der Waals surface area contributed by atoms with Gasteiger partial charge in [-0.15, -0.1) is 0 Å². The fourth-order valence-electron chi connectivity index (χ4n) is 8.37. The quantitative estimate of drug-likeness (QED) is 0.425. The number of amides is 1. The fourth-order valence-corrected chi connectivity index (χ4v) is 8.60. The number of nitrogens with zero attached hydrogens (tertiary/aromatic N) is 1. The topological polar surface area (TPSA) is 66.8 Å². The normalized spacial score (nSPS) is 39.4. The van der Waals surface area contributed by atoms with Gasteiger partial charge in [0.15, 0.2) is 0 Å². The van der Waals surface area contributed by atoms with Gasteiger partial charge in [0.1, 0.15) is 5.75 Å². The van der Waals surface area contributed by atoms with E-state index in [1.165, 1.54) is 19.3 Å². The summed E-state index contributed by atoms with van der Waals surface area (Å²) < 4.78 is 34.0. The van der Waals surface area contributed by atoms with Crippen LogP contribution in [0.15, 0.2) is 30.0 Å². The molecule has 7 rings (SSSR count). The molecule has 8 heteroatoms. The maximum atomic E-state index is 14.0. The van der Waals surface area contributed by atoms with Gasteiger partial charge in [-0.05, 0) is 60.8 Å². The number of allylic oxidation sites excluding steroid dienone is 1. The summed E-state index contributed by atoms with van der Waals surface area (Å²) in [7, 11) is 0. The van der Waals surface area contributed by atoms with Gasteiger partial charge in [-0.2, -0.15) is 0 Å². The van der Waals surface area contributed by atoms with Crippen LogP contribution in [0, 0.1) is 22.7 Å². The van der Waals surface area contributed by atoms with Gasteiger partial charge >= 0.3 is 5.97 Å². The largest absolute Gasteiger partial charge is 0.492 e. The first kappa shape index (κ1) is 23.9. The van der Waals surface area contributed by atoms with Crippen LogP contribution in [0.1, 0.15) is 76.7 Å². The molecule has 1 amide bonds. The smallest absolute Gasteiger partial charge is 0.310 e. The molecule has 37 heavy (non-hydrogen) atoms. The van der Waals surface area contributed by atoms with Crippen LogP contribution in [0.3, 0.4) is 0 Å². The predicted octanol–water partition coefficient (Wildman–Crippen LogP) is 6.34. The highest BCUT2D eigenvalue weighted by atomic mass is 35.5. The van der Waals surface area contributed by atoms with Crippen molar-refractivity contribution in [3.05, 3.63) is 40.6 Å². The molecule has 4 atom stereocenters. The molecule has 1 aliphatic heterocycles. The highest BCUT2D eigenvalue weighted by Crippen LogP contribution is 2.97. The van der Waals surface area contributed by atoms with Crippen LogP contribution in [-0.4, -0.2) is 40.0 Å². The van der Waals surface area contributed by atoms with Crippen LogP contribution in [0.4, 0.5) is 8.78 Å². The molecule has 198 valence electrons. The van der Waals surface area contributed by atoms with Crippen molar-refractivity contribution in [2.45, 2.75) is 88.0 Å². The molecule has 3 unspecified atom stereocenters. The van der Waals surface area contributed by atoms with Gasteiger partial charge in [-0.3, -0.25) is 9.59 Å². The molecule has 0 saturated heterocycles. The lowest BCUT2D eigenvalue weighted by Crippen LogP contribution is -2.55. The molecule has 1 N–H and O–H groups in total. The van der Waals surface area contributed by atoms with Crippen molar-refractivity contribution in [3.8, 4) is 5.75 Å². The Labute approximate surface area is 220 Å². The van der Waals surface area contributed by atoms with Crippen molar-refractivity contribution in [1.82, 2.24) is 4.90 Å². The van der Waals surface area contributed by atoms with Gasteiger partial charge in [0.05, 0.1) is 22.6 Å². The maximum Gasteiger partial charge on any atom is 0.310 e. The third-order valence-corrected chi connectivity index (χ3v) is 11.3. The first-order valence-corrected chi connectivity index (χ1v) is 13.9. The molecule has 6 aliphatic rings. The standard InChI is InChI=1S/C29H32ClF2NO4/c1-25(19-5-6-22(21(30)9-19)37-8-7-17-3-2-4-17)12-23(34)33(13-20(25)18-10-29(31,32)11-18)28-15-26(24(35)36)14-27(26,28)16-28/h5-6,9,13,17-18H,2-4,7-8,10-12,14-16H2,1H3,(H,35,36)/t25-,26?,27?,28?/m0/s1. The minimum atomic E-state index is -2.70. The van der Waals surface area contributed by atoms with Crippen LogP contribution >= 0.6 is 11.6 Å². The molecule has 0 bridgehead atoms. The molecule has 5 fully saturated rings. The van der Waals surface area contributed by atoms with E-state index in [4.69, 9.17) is 16.3 Å². The van der Waals surface area contributed by atoms with Crippen LogP contribution in [0.25, 0.3) is 0 Å². The minimum absolute atomic E-state index is 0.0722. The van der Waals surface area contributed by atoms with Crippen molar-refractivity contribution < 1.29 is 28.2 Å². The molecule has 1 aromatic carbocycles. The highest BCUT2D eigenvalue weighted by Gasteiger charge is 3.01. The summed E-state index contributed by atoms with van der Waals surface area (Å²) in [4.78, 5) is 27.2. The minimum Gasteiger partial charge on any atom is -0.492 e. The van der Waals surface area contributed by atoms with E-state index in [1.807, 2.05) is 31.3 Å². The van der Waals surface area contributed by atoms with Crippen LogP contribution < -0.4 is 4.74 Å². The number of aliphatic carboxylic acids is 1. The van der Waals surface area contributed by atoms with Crippen molar-refractivity contribution >= 4 is 23.5 Å². The Kier molecular flexibility index (Phi) is 4.71. The maximum absolute atomic E-state index is 14.0. The first-order valence-electron chi connectivity index (χ1n) is 13.5. The summed E-state index contributed by atoms with van der Waals surface area (Å²) in [5, 5.41) is 10.2. The van der Waals surface area contributed by atoms with E-state index < -0.39 is 28.3 Å². The predicted molar refractivity (Wildman–Crippen MR) is 133 cm³/mol. The number of alkyl halides is 2. The van der Waals surface area contributed by atoms with Gasteiger partial charge in [0, 0.05) is 36.3 Å². The van der Waals surface area contributed by atoms with Gasteiger partial charge in [-0.25, -0.2) is 8.78 Å². The van der Waals surface area contributed by atoms with Gasteiger partial charge in [-0.1, -0.05) is 43.9 Å². The van der Waals surface area contributed by atoms with Crippen LogP contribution in [0.5, 0.6) is 5.75 Å². The zero-order valence-corrected chi connectivity index (χ0v) is 21.8. The second-order valence-corrected chi connectivity index (χ2v) is 13.3. The Morgan fingerprint density at radius 1 is 1.22 bits per heavy atom. The number of carboxylic acids is 1. The van der Waals surface area contributed by atoms with Crippen molar-refractivity contribution in [1.29, 1.82) is 0 Å². The van der Waals surface area contributed by atoms with E-state index >= 15 is 0 Å². The number of hydrogen-bond acceptors (Lipinski definition) is 3. The molecule has 1 spiro atoms. The number of carboxylic acid groups (broad SMARTS) is 1. The summed E-state index contributed by atoms with van der Waals surface area (Å²) in [6.07, 6.45) is 8.09. The molecule has 0 radical (unpaired) electrons. The Bertz CT molecular complexity index is 1250. The third-order valence-electron chi connectivity index (χ3n) is 11.0. The monoisotopic (exact) mass is 531 g/mol. The number of benzene rings is 1. The lowest BCUT2D eigenvalue weighted by molar-refractivity contribution is -0.152. The van der Waals surface area contributed by atoms with Gasteiger partial charge < -0.3 is 14.7 Å². The van der Waals surface area contributed by atoms with E-state index in [9.17, 15) is 23.5 Å². The van der Waals surface area contributed by atoms with E-state index in [0.717, 1.165) is 23.5 Å². The lowest BCUT2D eigenvalue weighted by atomic mass is 9.61. The summed E-state index contributed by atoms with van der Waals surface area (Å²) in [5.74, 6) is -2.54. The Hall–Kier alpha value is -2.15. The zero-order chi connectivity index (χ0) is 26.0. The Morgan fingerprint density at radius 3 is 2.54 bits per heavy atom. The third kappa shape index (κ3) is 3.06. The molecule has 1 aromatic rings. The molecular weight excluding hydrogens is 500 g/mol. The van der Waals surface area contributed by atoms with Crippen LogP contribution in [-0.2, 0) is 15.0 Å². The highest BCUT2D eigenvalue weighted by molar-refractivity contribution is 6.32. The van der Waals surface area contributed by atoms with Crippen molar-refractivity contribution in [2.75, 3.05) is 6.61 Å². The molecule has 1 heterocycles. The average molecular weight is 532 g/mol. The molecule has 0 aromatic heterocycles. The Morgan fingerprint density at radius 2 is 1.97 bits per heavy atom. The molecule has 5 aliphatic carbocycles. The summed E-state index contributed by atoms with van der Waals surface area (Å²) >= 11 is 6.62. The summed E-state index contributed by atoms with van der Waals surface area (Å²) in [5.41, 5.74) is -0.565. The number of carbonyl (C=O) groups excluding carboxylic acids is 1. The number of ether oxygens (including phenoxy) is 1. The van der Waals surface area contributed by atoms with Crippen LogP contribution in [0.2, 0.25) is 5.02 Å². The SMILES string of the molecule is C[C@@]1(c2ccc(OCCC3CCC3)c(Cl)c2)CC(=O)N(C23CC4(C(=O)O)CC42C3)C=C1C1CC(F)(F)C1. The number of carbonyl (C=O) groups is 2. The summed E-state index contributed by atoms with van der Waals surface area (Å²) in [6, 6.07) is 5.57. The molecule has 5 nitrogen and oxygen atoms in total. The van der Waals surface area contributed by atoms with E-state index in [-0.39, 0.29) is 36.5 Å². The fraction of sp³-hybridized carbons (Fsp3) is 0.655. The van der Waals surface area contributed by atoms with E-state index in [0.29, 0.717) is 36.6 Å². The van der Waals surface area contributed by atoms with Crippen molar-refractivity contribution in [3.63, 3.8) is 0 Å². The second-order valence-electron chi connectivity index (χ2n) is 12.9. The second kappa shape index (κ2) is 7.28.